The number of hydrogen-bond acceptors (Lipinski definition) is 0. The molecule has 2 aromatic carbocycles. The largest absolute Gasteiger partial charge is 0.0980 e. The quantitative estimate of drug-likeness (QED) is 0.544. The number of rotatable bonds is 3. The highest BCUT2D eigenvalue weighted by Gasteiger charge is 2.07. The second-order valence-electron chi connectivity index (χ2n) is 3.66. The monoisotopic (exact) mass is 332 g/mol. The number of hydrogen-bond donors (Lipinski definition) is 0. The van der Waals surface area contributed by atoms with Gasteiger partial charge in [-0.05, 0) is 33.7 Å². The molecule has 0 aliphatic rings. The lowest BCUT2D eigenvalue weighted by atomic mass is 9.98. The zero-order valence-corrected chi connectivity index (χ0v) is 11.6. The standard InChI is InChI=1S/C16H13I/c1-2-15(17)16(13-9-5-3-6-10-13)14-11-7-4-8-12-14/h2-12H,1H2. The van der Waals surface area contributed by atoms with E-state index in [2.05, 4.69) is 77.7 Å². The van der Waals surface area contributed by atoms with Gasteiger partial charge in [0.15, 0.2) is 0 Å². The van der Waals surface area contributed by atoms with Gasteiger partial charge in [-0.3, -0.25) is 0 Å². The molecule has 0 saturated carbocycles. The highest BCUT2D eigenvalue weighted by molar-refractivity contribution is 14.1. The summed E-state index contributed by atoms with van der Waals surface area (Å²) in [7, 11) is 0. The number of allylic oxidation sites excluding steroid dienone is 2. The van der Waals surface area contributed by atoms with E-state index in [9.17, 15) is 0 Å². The molecule has 0 amide bonds. The minimum absolute atomic E-state index is 1.17. The zero-order chi connectivity index (χ0) is 12.1. The van der Waals surface area contributed by atoms with Crippen molar-refractivity contribution in [3.8, 4) is 0 Å². The lowest BCUT2D eigenvalue weighted by Gasteiger charge is -2.10. The molecule has 84 valence electrons. The summed E-state index contributed by atoms with van der Waals surface area (Å²) in [5.41, 5.74) is 3.69. The zero-order valence-electron chi connectivity index (χ0n) is 9.44. The summed E-state index contributed by atoms with van der Waals surface area (Å²) < 4.78 is 1.17. The van der Waals surface area contributed by atoms with E-state index in [1.54, 1.807) is 0 Å². The molecule has 0 saturated heterocycles. The molecule has 0 spiro atoms. The van der Waals surface area contributed by atoms with Gasteiger partial charge >= 0.3 is 0 Å². The normalized spacial score (nSPS) is 9.71. The van der Waals surface area contributed by atoms with E-state index < -0.39 is 0 Å². The summed E-state index contributed by atoms with van der Waals surface area (Å²) in [4.78, 5) is 0. The second-order valence-corrected chi connectivity index (χ2v) is 4.82. The van der Waals surface area contributed by atoms with Crippen LogP contribution in [0.5, 0.6) is 0 Å². The van der Waals surface area contributed by atoms with Gasteiger partial charge in [-0.25, -0.2) is 0 Å². The Balaban J connectivity index is 2.60. The molecular weight excluding hydrogens is 319 g/mol. The van der Waals surface area contributed by atoms with Crippen LogP contribution in [0, 0.1) is 0 Å². The van der Waals surface area contributed by atoms with E-state index in [1.165, 1.54) is 20.3 Å². The third-order valence-electron chi connectivity index (χ3n) is 2.54. The Morgan fingerprint density at radius 1 is 0.824 bits per heavy atom. The van der Waals surface area contributed by atoms with E-state index in [-0.39, 0.29) is 0 Å². The molecule has 0 unspecified atom stereocenters. The number of benzene rings is 2. The lowest BCUT2D eigenvalue weighted by Crippen LogP contribution is -1.89. The van der Waals surface area contributed by atoms with E-state index in [1.807, 2.05) is 18.2 Å². The molecule has 1 heteroatoms. The van der Waals surface area contributed by atoms with Crippen molar-refractivity contribution in [2.24, 2.45) is 0 Å². The fourth-order valence-corrected chi connectivity index (χ4v) is 2.38. The molecule has 0 bridgehead atoms. The van der Waals surface area contributed by atoms with Crippen LogP contribution in [0.25, 0.3) is 5.57 Å². The smallest absolute Gasteiger partial charge is 0.0208 e. The molecule has 17 heavy (non-hydrogen) atoms. The van der Waals surface area contributed by atoms with Gasteiger partial charge in [0.2, 0.25) is 0 Å². The summed E-state index contributed by atoms with van der Waals surface area (Å²) in [6, 6.07) is 20.8. The van der Waals surface area contributed by atoms with Crippen molar-refractivity contribution in [3.05, 3.63) is 88.0 Å². The molecule has 0 aliphatic heterocycles. The average molecular weight is 332 g/mol. The van der Waals surface area contributed by atoms with Crippen molar-refractivity contribution >= 4 is 28.2 Å². The summed E-state index contributed by atoms with van der Waals surface area (Å²) in [6.45, 7) is 3.87. The van der Waals surface area contributed by atoms with Gasteiger partial charge < -0.3 is 0 Å². The van der Waals surface area contributed by atoms with Crippen molar-refractivity contribution in [2.45, 2.75) is 0 Å². The first-order valence-corrected chi connectivity index (χ1v) is 6.54. The van der Waals surface area contributed by atoms with Crippen LogP contribution in [0.15, 0.2) is 76.9 Å². The molecule has 0 atom stereocenters. The fourth-order valence-electron chi connectivity index (χ4n) is 1.75. The predicted octanol–water partition coefficient (Wildman–Crippen LogP) is 5.07. The van der Waals surface area contributed by atoms with Crippen LogP contribution in [0.3, 0.4) is 0 Å². The molecule has 0 nitrogen and oxygen atoms in total. The maximum Gasteiger partial charge on any atom is 0.0208 e. The average Bonchev–Trinajstić information content (AvgIpc) is 2.41. The fraction of sp³-hybridized carbons (Fsp3) is 0. The molecule has 0 N–H and O–H groups in total. The third kappa shape index (κ3) is 2.86. The van der Waals surface area contributed by atoms with E-state index >= 15 is 0 Å². The molecule has 0 aromatic heterocycles. The molecule has 0 fully saturated rings. The van der Waals surface area contributed by atoms with E-state index in [0.717, 1.165) is 0 Å². The third-order valence-corrected chi connectivity index (χ3v) is 3.52. The van der Waals surface area contributed by atoms with Crippen LogP contribution in [0.2, 0.25) is 0 Å². The molecule has 2 aromatic rings. The van der Waals surface area contributed by atoms with Crippen molar-refractivity contribution in [3.63, 3.8) is 0 Å². The first-order valence-electron chi connectivity index (χ1n) is 5.46. The minimum atomic E-state index is 1.17. The van der Waals surface area contributed by atoms with Crippen LogP contribution in [0.1, 0.15) is 11.1 Å². The molecule has 0 radical (unpaired) electrons. The Morgan fingerprint density at radius 2 is 1.24 bits per heavy atom. The highest BCUT2D eigenvalue weighted by atomic mass is 127. The summed E-state index contributed by atoms with van der Waals surface area (Å²) >= 11 is 2.34. The Bertz CT molecular complexity index is 482. The minimum Gasteiger partial charge on any atom is -0.0980 e. The van der Waals surface area contributed by atoms with Gasteiger partial charge in [0, 0.05) is 9.15 Å². The Kier molecular flexibility index (Phi) is 4.15. The van der Waals surface area contributed by atoms with Gasteiger partial charge in [-0.15, -0.1) is 0 Å². The first-order chi connectivity index (χ1) is 8.33. The molecule has 2 rings (SSSR count). The summed E-state index contributed by atoms with van der Waals surface area (Å²) in [5, 5.41) is 0. The predicted molar refractivity (Wildman–Crippen MR) is 83.1 cm³/mol. The van der Waals surface area contributed by atoms with Gasteiger partial charge in [-0.2, -0.15) is 0 Å². The Labute approximate surface area is 116 Å². The first kappa shape index (κ1) is 12.1. The summed E-state index contributed by atoms with van der Waals surface area (Å²) in [6.07, 6.45) is 1.90. The molecule has 0 aliphatic carbocycles. The van der Waals surface area contributed by atoms with Crippen LogP contribution >= 0.6 is 22.6 Å². The lowest BCUT2D eigenvalue weighted by molar-refractivity contribution is 1.54. The van der Waals surface area contributed by atoms with Gasteiger partial charge in [0.05, 0.1) is 0 Å². The van der Waals surface area contributed by atoms with Crippen molar-refractivity contribution < 1.29 is 0 Å². The van der Waals surface area contributed by atoms with E-state index in [4.69, 9.17) is 0 Å². The highest BCUT2D eigenvalue weighted by Crippen LogP contribution is 2.30. The molecule has 0 heterocycles. The second kappa shape index (κ2) is 5.82. The Hall–Kier alpha value is -1.35. The van der Waals surface area contributed by atoms with Gasteiger partial charge in [-0.1, -0.05) is 73.3 Å². The van der Waals surface area contributed by atoms with Crippen LogP contribution < -0.4 is 0 Å². The SMILES string of the molecule is C=CC(I)=C(c1ccccc1)c1ccccc1. The maximum atomic E-state index is 3.87. The van der Waals surface area contributed by atoms with Crippen LogP contribution in [0.4, 0.5) is 0 Å². The number of halogens is 1. The molecular formula is C16H13I. The maximum absolute atomic E-state index is 3.87. The van der Waals surface area contributed by atoms with Gasteiger partial charge in [0.1, 0.15) is 0 Å². The van der Waals surface area contributed by atoms with Crippen molar-refractivity contribution in [2.75, 3.05) is 0 Å². The van der Waals surface area contributed by atoms with Crippen LogP contribution in [-0.2, 0) is 0 Å². The van der Waals surface area contributed by atoms with Crippen molar-refractivity contribution in [1.29, 1.82) is 0 Å². The van der Waals surface area contributed by atoms with Crippen LogP contribution in [-0.4, -0.2) is 0 Å². The van der Waals surface area contributed by atoms with Crippen molar-refractivity contribution in [1.82, 2.24) is 0 Å². The van der Waals surface area contributed by atoms with Gasteiger partial charge in [0.25, 0.3) is 0 Å². The Morgan fingerprint density at radius 3 is 1.59 bits per heavy atom. The summed E-state index contributed by atoms with van der Waals surface area (Å²) in [5.74, 6) is 0. The van der Waals surface area contributed by atoms with E-state index in [0.29, 0.717) is 0 Å². The topological polar surface area (TPSA) is 0 Å².